The molecule has 1 aliphatic heterocycles. The summed E-state index contributed by atoms with van der Waals surface area (Å²) < 4.78 is 4.87. The number of hydrogen-bond acceptors (Lipinski definition) is 4. The van der Waals surface area contributed by atoms with E-state index in [1.165, 1.54) is 0 Å². The maximum Gasteiger partial charge on any atom is 0.309 e. The third-order valence-corrected chi connectivity index (χ3v) is 2.23. The van der Waals surface area contributed by atoms with Crippen LogP contribution < -0.4 is 0 Å². The van der Waals surface area contributed by atoms with Gasteiger partial charge in [-0.05, 0) is 6.42 Å². The van der Waals surface area contributed by atoms with Gasteiger partial charge in [0.25, 0.3) is 0 Å². The van der Waals surface area contributed by atoms with E-state index in [0.29, 0.717) is 6.42 Å². The van der Waals surface area contributed by atoms with Crippen LogP contribution in [0.5, 0.6) is 0 Å². The highest BCUT2D eigenvalue weighted by Crippen LogP contribution is 2.25. The summed E-state index contributed by atoms with van der Waals surface area (Å²) in [4.78, 5) is 11.0. The monoisotopic (exact) mass is 174 g/mol. The molecule has 3 atom stereocenters. The van der Waals surface area contributed by atoms with Crippen LogP contribution in [0.1, 0.15) is 19.8 Å². The van der Waals surface area contributed by atoms with Crippen LogP contribution in [-0.2, 0) is 9.53 Å². The number of ether oxygens (including phenoxy) is 1. The summed E-state index contributed by atoms with van der Waals surface area (Å²) in [6, 6.07) is 0. The van der Waals surface area contributed by atoms with Crippen LogP contribution in [0.4, 0.5) is 0 Å². The van der Waals surface area contributed by atoms with Crippen molar-refractivity contribution in [2.45, 2.75) is 32.0 Å². The highest BCUT2D eigenvalue weighted by molar-refractivity contribution is 5.74. The van der Waals surface area contributed by atoms with Crippen LogP contribution in [0.3, 0.4) is 0 Å². The molecule has 0 radical (unpaired) electrons. The zero-order valence-electron chi connectivity index (χ0n) is 7.06. The molecule has 0 aromatic carbocycles. The summed E-state index contributed by atoms with van der Waals surface area (Å²) in [6.07, 6.45) is -0.178. The molecule has 0 aromatic heterocycles. The summed E-state index contributed by atoms with van der Waals surface area (Å²) in [5.41, 5.74) is 0. The first-order valence-electron chi connectivity index (χ1n) is 4.18. The van der Waals surface area contributed by atoms with Gasteiger partial charge in [0.15, 0.2) is 0 Å². The van der Waals surface area contributed by atoms with Gasteiger partial charge >= 0.3 is 5.97 Å². The Bertz CT molecular complexity index is 168. The van der Waals surface area contributed by atoms with Gasteiger partial charge in [0, 0.05) is 6.42 Å². The molecule has 0 spiro atoms. The van der Waals surface area contributed by atoms with Crippen molar-refractivity contribution in [3.05, 3.63) is 0 Å². The number of hydrogen-bond donors (Lipinski definition) is 2. The Hall–Kier alpha value is -0.610. The van der Waals surface area contributed by atoms with Gasteiger partial charge in [-0.25, -0.2) is 0 Å². The van der Waals surface area contributed by atoms with Crippen LogP contribution in [0.2, 0.25) is 0 Å². The molecule has 1 saturated heterocycles. The van der Waals surface area contributed by atoms with E-state index in [4.69, 9.17) is 14.9 Å². The summed E-state index contributed by atoms with van der Waals surface area (Å²) >= 11 is 0. The van der Waals surface area contributed by atoms with Gasteiger partial charge in [-0.1, -0.05) is 6.92 Å². The highest BCUT2D eigenvalue weighted by atomic mass is 16.6. The number of rotatable bonds is 3. The van der Waals surface area contributed by atoms with E-state index in [1.54, 1.807) is 0 Å². The first kappa shape index (κ1) is 9.48. The summed E-state index contributed by atoms with van der Waals surface area (Å²) in [6.45, 7) is 1.55. The number of cyclic esters (lactones) is 1. The van der Waals surface area contributed by atoms with Crippen molar-refractivity contribution < 1.29 is 19.7 Å². The molecule has 12 heavy (non-hydrogen) atoms. The van der Waals surface area contributed by atoms with Gasteiger partial charge in [-0.3, -0.25) is 4.79 Å². The molecule has 0 aliphatic carbocycles. The van der Waals surface area contributed by atoms with Gasteiger partial charge < -0.3 is 14.9 Å². The van der Waals surface area contributed by atoms with E-state index < -0.39 is 12.2 Å². The van der Waals surface area contributed by atoms with Crippen molar-refractivity contribution >= 4 is 5.97 Å². The molecule has 70 valence electrons. The predicted octanol–water partition coefficient (Wildman–Crippen LogP) is -0.319. The topological polar surface area (TPSA) is 66.8 Å². The average molecular weight is 174 g/mol. The van der Waals surface area contributed by atoms with Crippen LogP contribution >= 0.6 is 0 Å². The Morgan fingerprint density at radius 1 is 1.75 bits per heavy atom. The van der Waals surface area contributed by atoms with Gasteiger partial charge in [0.05, 0.1) is 12.5 Å². The van der Waals surface area contributed by atoms with Crippen molar-refractivity contribution in [3.63, 3.8) is 0 Å². The molecule has 4 nitrogen and oxygen atoms in total. The second-order valence-electron chi connectivity index (χ2n) is 3.07. The molecular weight excluding hydrogens is 160 g/mol. The Morgan fingerprint density at radius 2 is 2.42 bits per heavy atom. The Morgan fingerprint density at radius 3 is 2.83 bits per heavy atom. The predicted molar refractivity (Wildman–Crippen MR) is 41.4 cm³/mol. The van der Waals surface area contributed by atoms with Crippen LogP contribution in [0.15, 0.2) is 0 Å². The lowest BCUT2D eigenvalue weighted by Crippen LogP contribution is -2.28. The van der Waals surface area contributed by atoms with Crippen LogP contribution in [0.25, 0.3) is 0 Å². The van der Waals surface area contributed by atoms with Gasteiger partial charge in [0.2, 0.25) is 0 Å². The SMILES string of the molecule is CC[C@@H]1C[C@@H]([C@H](O)CO)OC1=O. The minimum Gasteiger partial charge on any atom is -0.459 e. The molecule has 4 heteroatoms. The molecule has 1 fully saturated rings. The van der Waals surface area contributed by atoms with E-state index in [2.05, 4.69) is 0 Å². The Kier molecular flexibility index (Phi) is 3.05. The smallest absolute Gasteiger partial charge is 0.309 e. The summed E-state index contributed by atoms with van der Waals surface area (Å²) in [5, 5.41) is 17.8. The maximum absolute atomic E-state index is 11.0. The number of aliphatic hydroxyl groups is 2. The molecule has 1 heterocycles. The lowest BCUT2D eigenvalue weighted by Gasteiger charge is -2.13. The fraction of sp³-hybridized carbons (Fsp3) is 0.875. The molecule has 0 bridgehead atoms. The third-order valence-electron chi connectivity index (χ3n) is 2.23. The Balaban J connectivity index is 2.48. The molecule has 0 amide bonds. The molecule has 2 N–H and O–H groups in total. The zero-order chi connectivity index (χ0) is 9.14. The van der Waals surface area contributed by atoms with Gasteiger partial charge in [0.1, 0.15) is 12.2 Å². The minimum atomic E-state index is -0.925. The fourth-order valence-electron chi connectivity index (χ4n) is 1.36. The molecule has 1 rings (SSSR count). The second kappa shape index (κ2) is 3.87. The summed E-state index contributed by atoms with van der Waals surface area (Å²) in [5.74, 6) is -0.355. The van der Waals surface area contributed by atoms with Crippen molar-refractivity contribution in [1.82, 2.24) is 0 Å². The lowest BCUT2D eigenvalue weighted by molar-refractivity contribution is -0.148. The lowest BCUT2D eigenvalue weighted by atomic mass is 10.0. The van der Waals surface area contributed by atoms with E-state index in [1.807, 2.05) is 6.92 Å². The quantitative estimate of drug-likeness (QED) is 0.575. The minimum absolute atomic E-state index is 0.101. The number of carbonyl (C=O) groups excluding carboxylic acids is 1. The van der Waals surface area contributed by atoms with Crippen molar-refractivity contribution in [2.75, 3.05) is 6.61 Å². The van der Waals surface area contributed by atoms with Crippen molar-refractivity contribution in [2.24, 2.45) is 5.92 Å². The molecular formula is C8H14O4. The summed E-state index contributed by atoms with van der Waals surface area (Å²) in [7, 11) is 0. The van der Waals surface area contributed by atoms with E-state index in [-0.39, 0.29) is 18.5 Å². The Labute approximate surface area is 71.2 Å². The zero-order valence-corrected chi connectivity index (χ0v) is 7.06. The molecule has 0 saturated carbocycles. The normalized spacial score (nSPS) is 31.8. The highest BCUT2D eigenvalue weighted by Gasteiger charge is 2.36. The average Bonchev–Trinajstić information content (AvgIpc) is 2.45. The van der Waals surface area contributed by atoms with E-state index in [0.717, 1.165) is 6.42 Å². The molecule has 0 aromatic rings. The van der Waals surface area contributed by atoms with Gasteiger partial charge in [-0.15, -0.1) is 0 Å². The maximum atomic E-state index is 11.0. The third kappa shape index (κ3) is 1.76. The number of aliphatic hydroxyl groups excluding tert-OH is 2. The van der Waals surface area contributed by atoms with Gasteiger partial charge in [-0.2, -0.15) is 0 Å². The number of esters is 1. The van der Waals surface area contributed by atoms with Crippen molar-refractivity contribution in [1.29, 1.82) is 0 Å². The van der Waals surface area contributed by atoms with Crippen LogP contribution in [-0.4, -0.2) is 35.0 Å². The van der Waals surface area contributed by atoms with Crippen molar-refractivity contribution in [3.8, 4) is 0 Å². The van der Waals surface area contributed by atoms with E-state index in [9.17, 15) is 4.79 Å². The fourth-order valence-corrected chi connectivity index (χ4v) is 1.36. The molecule has 1 aliphatic rings. The first-order chi connectivity index (χ1) is 5.69. The van der Waals surface area contributed by atoms with E-state index >= 15 is 0 Å². The molecule has 0 unspecified atom stereocenters. The second-order valence-corrected chi connectivity index (χ2v) is 3.07. The largest absolute Gasteiger partial charge is 0.459 e. The first-order valence-corrected chi connectivity index (χ1v) is 4.18. The van der Waals surface area contributed by atoms with Crippen LogP contribution in [0, 0.1) is 5.92 Å². The standard InChI is InChI=1S/C8H14O4/c1-2-5-3-7(6(10)4-9)12-8(5)11/h5-7,9-10H,2-4H2,1H3/t5-,6-,7+/m1/s1. The number of carbonyl (C=O) groups is 1.